The summed E-state index contributed by atoms with van der Waals surface area (Å²) in [6.07, 6.45) is 7.73. The van der Waals surface area contributed by atoms with E-state index in [2.05, 4.69) is 34.6 Å². The van der Waals surface area contributed by atoms with E-state index in [1.165, 1.54) is 0 Å². The van der Waals surface area contributed by atoms with E-state index >= 15 is 0 Å². The molecule has 2 heterocycles. The summed E-state index contributed by atoms with van der Waals surface area (Å²) >= 11 is 0. The number of aromatic nitrogens is 4. The van der Waals surface area contributed by atoms with E-state index in [0.29, 0.717) is 12.6 Å². The van der Waals surface area contributed by atoms with Crippen LogP contribution in [0.5, 0.6) is 0 Å². The molecule has 5 heteroatoms. The van der Waals surface area contributed by atoms with Crippen molar-refractivity contribution >= 4 is 0 Å². The van der Waals surface area contributed by atoms with Gasteiger partial charge in [-0.3, -0.25) is 4.68 Å². The third-order valence-corrected chi connectivity index (χ3v) is 3.21. The Labute approximate surface area is 108 Å². The van der Waals surface area contributed by atoms with Crippen LogP contribution in [0.4, 0.5) is 0 Å². The summed E-state index contributed by atoms with van der Waals surface area (Å²) in [4.78, 5) is 4.31. The van der Waals surface area contributed by atoms with Crippen molar-refractivity contribution in [2.45, 2.75) is 39.3 Å². The monoisotopic (exact) mass is 247 g/mol. The van der Waals surface area contributed by atoms with E-state index in [9.17, 15) is 0 Å². The highest BCUT2D eigenvalue weighted by Crippen LogP contribution is 2.10. The molecule has 18 heavy (non-hydrogen) atoms. The summed E-state index contributed by atoms with van der Waals surface area (Å²) in [5.74, 6) is 1.02. The van der Waals surface area contributed by atoms with Crippen molar-refractivity contribution in [3.63, 3.8) is 0 Å². The fourth-order valence-corrected chi connectivity index (χ4v) is 1.91. The highest BCUT2D eigenvalue weighted by atomic mass is 15.3. The van der Waals surface area contributed by atoms with Crippen LogP contribution in [0.1, 0.15) is 37.8 Å². The second-order valence-electron chi connectivity index (χ2n) is 4.55. The molecule has 2 N–H and O–H groups in total. The van der Waals surface area contributed by atoms with Crippen LogP contribution in [0.15, 0.2) is 24.7 Å². The topological polar surface area (TPSA) is 61.7 Å². The number of hydrogen-bond donors (Lipinski definition) is 1. The number of hydrogen-bond acceptors (Lipinski definition) is 3. The van der Waals surface area contributed by atoms with E-state index in [-0.39, 0.29) is 0 Å². The third-order valence-electron chi connectivity index (χ3n) is 3.21. The molecule has 0 saturated heterocycles. The first-order valence-corrected chi connectivity index (χ1v) is 6.48. The average molecular weight is 247 g/mol. The van der Waals surface area contributed by atoms with Crippen LogP contribution < -0.4 is 5.73 Å². The first-order chi connectivity index (χ1) is 8.74. The Bertz CT molecular complexity index is 485. The third kappa shape index (κ3) is 2.79. The lowest BCUT2D eigenvalue weighted by molar-refractivity contribution is 0.472. The van der Waals surface area contributed by atoms with Gasteiger partial charge < -0.3 is 10.3 Å². The van der Waals surface area contributed by atoms with Gasteiger partial charge in [0, 0.05) is 31.1 Å². The number of rotatable bonds is 6. The van der Waals surface area contributed by atoms with E-state index in [4.69, 9.17) is 5.73 Å². The SMILES string of the molecule is CCC(C)n1ccc(Cn2ccnc2CCN)n1. The normalized spacial score (nSPS) is 12.8. The van der Waals surface area contributed by atoms with Gasteiger partial charge in [-0.15, -0.1) is 0 Å². The molecule has 1 unspecified atom stereocenters. The summed E-state index contributed by atoms with van der Waals surface area (Å²) in [5.41, 5.74) is 6.63. The fraction of sp³-hybridized carbons (Fsp3) is 0.538. The van der Waals surface area contributed by atoms with E-state index in [1.54, 1.807) is 0 Å². The molecule has 2 aromatic heterocycles. The van der Waals surface area contributed by atoms with Crippen molar-refractivity contribution in [1.29, 1.82) is 0 Å². The van der Waals surface area contributed by atoms with Gasteiger partial charge in [0.05, 0.1) is 12.2 Å². The van der Waals surface area contributed by atoms with Gasteiger partial charge in [-0.1, -0.05) is 6.92 Å². The fourth-order valence-electron chi connectivity index (χ4n) is 1.91. The van der Waals surface area contributed by atoms with Crippen molar-refractivity contribution in [3.05, 3.63) is 36.2 Å². The molecule has 2 aromatic rings. The lowest BCUT2D eigenvalue weighted by Gasteiger charge is -2.08. The summed E-state index contributed by atoms with van der Waals surface area (Å²) in [6.45, 7) is 5.73. The Morgan fingerprint density at radius 3 is 2.94 bits per heavy atom. The molecule has 0 aliphatic carbocycles. The zero-order valence-corrected chi connectivity index (χ0v) is 11.1. The van der Waals surface area contributed by atoms with Crippen LogP contribution in [0.2, 0.25) is 0 Å². The van der Waals surface area contributed by atoms with Crippen molar-refractivity contribution in [2.24, 2.45) is 5.73 Å². The molecule has 0 bridgehead atoms. The highest BCUT2D eigenvalue weighted by Gasteiger charge is 2.07. The largest absolute Gasteiger partial charge is 0.330 e. The maximum Gasteiger partial charge on any atom is 0.110 e. The van der Waals surface area contributed by atoms with Crippen LogP contribution in [0.25, 0.3) is 0 Å². The quantitative estimate of drug-likeness (QED) is 0.843. The smallest absolute Gasteiger partial charge is 0.110 e. The number of nitrogens with two attached hydrogens (primary N) is 1. The maximum atomic E-state index is 5.57. The van der Waals surface area contributed by atoms with Gasteiger partial charge in [0.25, 0.3) is 0 Å². The molecule has 0 aliphatic rings. The molecule has 0 aliphatic heterocycles. The predicted octanol–water partition coefficient (Wildman–Crippen LogP) is 1.60. The Hall–Kier alpha value is -1.62. The van der Waals surface area contributed by atoms with Crippen molar-refractivity contribution in [3.8, 4) is 0 Å². The van der Waals surface area contributed by atoms with Crippen molar-refractivity contribution in [1.82, 2.24) is 19.3 Å². The summed E-state index contributed by atoms with van der Waals surface area (Å²) < 4.78 is 4.13. The van der Waals surface area contributed by atoms with Gasteiger partial charge >= 0.3 is 0 Å². The summed E-state index contributed by atoms with van der Waals surface area (Å²) in [5, 5.41) is 4.59. The molecular formula is C13H21N5. The van der Waals surface area contributed by atoms with Gasteiger partial charge in [-0.05, 0) is 26.0 Å². The van der Waals surface area contributed by atoms with E-state index in [1.807, 2.05) is 23.3 Å². The van der Waals surface area contributed by atoms with Crippen LogP contribution >= 0.6 is 0 Å². The summed E-state index contributed by atoms with van der Waals surface area (Å²) in [7, 11) is 0. The minimum absolute atomic E-state index is 0.449. The van der Waals surface area contributed by atoms with E-state index < -0.39 is 0 Å². The Kier molecular flexibility index (Phi) is 4.15. The predicted molar refractivity (Wildman–Crippen MR) is 71.3 cm³/mol. The molecule has 0 amide bonds. The molecule has 5 nitrogen and oxygen atoms in total. The minimum atomic E-state index is 0.449. The van der Waals surface area contributed by atoms with Crippen LogP contribution in [0, 0.1) is 0 Å². The minimum Gasteiger partial charge on any atom is -0.330 e. The van der Waals surface area contributed by atoms with E-state index in [0.717, 1.165) is 30.9 Å². The zero-order chi connectivity index (χ0) is 13.0. The maximum absolute atomic E-state index is 5.57. The summed E-state index contributed by atoms with van der Waals surface area (Å²) in [6, 6.07) is 2.52. The molecule has 0 aromatic carbocycles. The molecule has 2 rings (SSSR count). The number of imidazole rings is 1. The van der Waals surface area contributed by atoms with Crippen LogP contribution in [-0.2, 0) is 13.0 Å². The van der Waals surface area contributed by atoms with Gasteiger partial charge in [-0.2, -0.15) is 5.10 Å². The van der Waals surface area contributed by atoms with Crippen molar-refractivity contribution < 1.29 is 0 Å². The van der Waals surface area contributed by atoms with Gasteiger partial charge in [0.2, 0.25) is 0 Å². The molecule has 0 radical (unpaired) electrons. The molecular weight excluding hydrogens is 226 g/mol. The van der Waals surface area contributed by atoms with Gasteiger partial charge in [-0.25, -0.2) is 4.98 Å². The standard InChI is InChI=1S/C13H21N5/c1-3-11(2)18-8-5-12(16-18)10-17-9-7-15-13(17)4-6-14/h5,7-9,11H,3-4,6,10,14H2,1-2H3. The molecule has 0 fully saturated rings. The Morgan fingerprint density at radius 1 is 1.39 bits per heavy atom. The first-order valence-electron chi connectivity index (χ1n) is 6.48. The van der Waals surface area contributed by atoms with Crippen LogP contribution in [0.3, 0.4) is 0 Å². The lowest BCUT2D eigenvalue weighted by Crippen LogP contribution is -2.11. The number of nitrogens with zero attached hydrogens (tertiary/aromatic N) is 4. The second kappa shape index (κ2) is 5.82. The Morgan fingerprint density at radius 2 is 2.22 bits per heavy atom. The van der Waals surface area contributed by atoms with Gasteiger partial charge in [0.15, 0.2) is 0 Å². The molecule has 0 spiro atoms. The lowest BCUT2D eigenvalue weighted by atomic mass is 10.3. The second-order valence-corrected chi connectivity index (χ2v) is 4.55. The van der Waals surface area contributed by atoms with Gasteiger partial charge in [0.1, 0.15) is 5.82 Å². The Balaban J connectivity index is 2.09. The molecule has 1 atom stereocenters. The average Bonchev–Trinajstić information content (AvgIpc) is 3.00. The van der Waals surface area contributed by atoms with Crippen molar-refractivity contribution in [2.75, 3.05) is 6.54 Å². The highest BCUT2D eigenvalue weighted by molar-refractivity contribution is 5.04. The zero-order valence-electron chi connectivity index (χ0n) is 11.1. The first kappa shape index (κ1) is 12.8. The molecule has 98 valence electrons. The molecule has 0 saturated carbocycles. The van der Waals surface area contributed by atoms with Crippen LogP contribution in [-0.4, -0.2) is 25.9 Å².